The number of fused-ring (bicyclic) bond motifs is 5. The summed E-state index contributed by atoms with van der Waals surface area (Å²) < 4.78 is 18.0. The average Bonchev–Trinajstić information content (AvgIpc) is 3.04. The van der Waals surface area contributed by atoms with Gasteiger partial charge >= 0.3 is 5.97 Å². The number of hydrogen-bond donors (Lipinski definition) is 1. The number of ether oxygens (including phenoxy) is 3. The van der Waals surface area contributed by atoms with E-state index < -0.39 is 6.10 Å². The van der Waals surface area contributed by atoms with Crippen molar-refractivity contribution >= 4 is 12.3 Å². The van der Waals surface area contributed by atoms with Crippen LogP contribution in [-0.4, -0.2) is 55.0 Å². The normalized spacial score (nSPS) is 43.9. The van der Waals surface area contributed by atoms with Gasteiger partial charge in [-0.2, -0.15) is 0 Å². The fourth-order valence-corrected chi connectivity index (χ4v) is 6.93. The van der Waals surface area contributed by atoms with Gasteiger partial charge in [-0.3, -0.25) is 4.79 Å². The Bertz CT molecular complexity index is 719. The van der Waals surface area contributed by atoms with Crippen LogP contribution in [0.5, 0.6) is 0 Å². The molecule has 0 aromatic rings. The number of hydrogen-bond acceptors (Lipinski definition) is 6. The van der Waals surface area contributed by atoms with E-state index in [1.54, 1.807) is 0 Å². The summed E-state index contributed by atoms with van der Waals surface area (Å²) >= 11 is 0. The molecular formula is C25H38O6. The molecule has 1 heterocycles. The summed E-state index contributed by atoms with van der Waals surface area (Å²) in [7, 11) is 0. The smallest absolute Gasteiger partial charge is 0.303 e. The lowest BCUT2D eigenvalue weighted by atomic mass is 9.49. The third kappa shape index (κ3) is 4.11. The molecule has 4 unspecified atom stereocenters. The molecule has 1 aliphatic heterocycles. The van der Waals surface area contributed by atoms with Crippen LogP contribution in [-0.2, 0) is 23.8 Å². The average molecular weight is 435 g/mol. The summed E-state index contributed by atoms with van der Waals surface area (Å²) in [6.45, 7) is 7.10. The van der Waals surface area contributed by atoms with Gasteiger partial charge in [-0.05, 0) is 56.3 Å². The van der Waals surface area contributed by atoms with Gasteiger partial charge in [0, 0.05) is 31.3 Å². The molecule has 4 aliphatic rings. The van der Waals surface area contributed by atoms with Crippen LogP contribution in [0.4, 0.5) is 0 Å². The maximum Gasteiger partial charge on any atom is 0.303 e. The topological polar surface area (TPSA) is 82.1 Å². The van der Waals surface area contributed by atoms with E-state index >= 15 is 0 Å². The molecule has 0 aromatic carbocycles. The van der Waals surface area contributed by atoms with Crippen LogP contribution in [0.25, 0.3) is 0 Å². The molecule has 0 bridgehead atoms. The van der Waals surface area contributed by atoms with E-state index in [0.717, 1.165) is 51.2 Å². The Hall–Kier alpha value is -1.24. The third-order valence-corrected chi connectivity index (χ3v) is 8.75. The second-order valence-corrected chi connectivity index (χ2v) is 10.6. The van der Waals surface area contributed by atoms with E-state index in [9.17, 15) is 14.7 Å². The van der Waals surface area contributed by atoms with Crippen LogP contribution in [0.1, 0.15) is 72.1 Å². The van der Waals surface area contributed by atoms with Crippen molar-refractivity contribution in [1.82, 2.24) is 0 Å². The SMILES string of the molecule is CC(=O)O[C@H]1COC2C3C(O)C=C4C[C@@H](OCCCCC=O)CC[C@]4(C)C3CC[C@@]21C. The summed E-state index contributed by atoms with van der Waals surface area (Å²) in [4.78, 5) is 22.1. The minimum Gasteiger partial charge on any atom is -0.459 e. The van der Waals surface area contributed by atoms with Crippen molar-refractivity contribution in [3.05, 3.63) is 11.6 Å². The van der Waals surface area contributed by atoms with E-state index in [0.29, 0.717) is 25.6 Å². The molecule has 8 atom stereocenters. The standard InChI is InChI=1S/C25H38O6/c1-16(27)31-21-15-30-23-22-19(8-10-25(21,23)3)24(2)9-7-18(13-17(24)14-20(22)28)29-12-6-4-5-11-26/h11,14,18-23,28H,4-10,12-13,15H2,1-3H3/t18-,19?,20?,21-,22?,23?,24-,25+/m0/s1. The molecule has 1 saturated heterocycles. The summed E-state index contributed by atoms with van der Waals surface area (Å²) in [5.74, 6) is 0.138. The first-order valence-corrected chi connectivity index (χ1v) is 12.0. The van der Waals surface area contributed by atoms with Gasteiger partial charge in [0.1, 0.15) is 12.4 Å². The predicted molar refractivity (Wildman–Crippen MR) is 115 cm³/mol. The fourth-order valence-electron chi connectivity index (χ4n) is 6.93. The Morgan fingerprint density at radius 3 is 2.84 bits per heavy atom. The zero-order valence-electron chi connectivity index (χ0n) is 19.2. The number of unbranched alkanes of at least 4 members (excludes halogenated alkanes) is 2. The highest BCUT2D eigenvalue weighted by atomic mass is 16.6. The molecule has 4 rings (SSSR count). The molecule has 3 aliphatic carbocycles. The lowest BCUT2D eigenvalue weighted by molar-refractivity contribution is -0.157. The van der Waals surface area contributed by atoms with Crippen molar-refractivity contribution in [2.45, 2.75) is 96.6 Å². The van der Waals surface area contributed by atoms with Crippen molar-refractivity contribution in [3.63, 3.8) is 0 Å². The summed E-state index contributed by atoms with van der Waals surface area (Å²) in [5, 5.41) is 11.2. The van der Waals surface area contributed by atoms with Gasteiger partial charge < -0.3 is 24.1 Å². The summed E-state index contributed by atoms with van der Waals surface area (Å²) in [6.07, 6.45) is 9.71. The number of aliphatic hydroxyl groups excluding tert-OH is 1. The summed E-state index contributed by atoms with van der Waals surface area (Å²) in [5.41, 5.74) is 1.16. The van der Waals surface area contributed by atoms with E-state index in [4.69, 9.17) is 14.2 Å². The molecule has 0 spiro atoms. The van der Waals surface area contributed by atoms with Gasteiger partial charge in [0.15, 0.2) is 0 Å². The molecule has 2 saturated carbocycles. The lowest BCUT2D eigenvalue weighted by Crippen LogP contribution is -2.58. The molecule has 174 valence electrons. The van der Waals surface area contributed by atoms with Gasteiger partial charge in [0.05, 0.1) is 24.9 Å². The highest BCUT2D eigenvalue weighted by Crippen LogP contribution is 2.62. The number of aldehydes is 1. The number of carbonyl (C=O) groups excluding carboxylic acids is 2. The second-order valence-electron chi connectivity index (χ2n) is 10.6. The van der Waals surface area contributed by atoms with E-state index in [-0.39, 0.29) is 41.0 Å². The highest BCUT2D eigenvalue weighted by Gasteiger charge is 2.62. The van der Waals surface area contributed by atoms with E-state index in [1.165, 1.54) is 12.5 Å². The van der Waals surface area contributed by atoms with Crippen molar-refractivity contribution in [3.8, 4) is 0 Å². The number of esters is 1. The molecule has 0 amide bonds. The second kappa shape index (κ2) is 8.95. The minimum atomic E-state index is -0.542. The molecule has 1 N–H and O–H groups in total. The van der Waals surface area contributed by atoms with Crippen molar-refractivity contribution in [2.75, 3.05) is 13.2 Å². The van der Waals surface area contributed by atoms with Gasteiger partial charge in [-0.15, -0.1) is 0 Å². The van der Waals surface area contributed by atoms with Gasteiger partial charge in [0.25, 0.3) is 0 Å². The summed E-state index contributed by atoms with van der Waals surface area (Å²) in [6, 6.07) is 0. The first-order chi connectivity index (χ1) is 14.8. The van der Waals surface area contributed by atoms with Crippen molar-refractivity contribution in [2.24, 2.45) is 22.7 Å². The van der Waals surface area contributed by atoms with Crippen LogP contribution in [0, 0.1) is 22.7 Å². The molecule has 6 nitrogen and oxygen atoms in total. The van der Waals surface area contributed by atoms with Crippen molar-refractivity contribution < 1.29 is 28.9 Å². The Labute approximate surface area is 185 Å². The van der Waals surface area contributed by atoms with Gasteiger partial charge in [0.2, 0.25) is 0 Å². The largest absolute Gasteiger partial charge is 0.459 e. The zero-order chi connectivity index (χ0) is 22.2. The zero-order valence-corrected chi connectivity index (χ0v) is 19.2. The van der Waals surface area contributed by atoms with Crippen LogP contribution < -0.4 is 0 Å². The lowest BCUT2D eigenvalue weighted by Gasteiger charge is -2.58. The Morgan fingerprint density at radius 2 is 2.10 bits per heavy atom. The highest BCUT2D eigenvalue weighted by molar-refractivity contribution is 5.66. The van der Waals surface area contributed by atoms with Crippen LogP contribution >= 0.6 is 0 Å². The molecular weight excluding hydrogens is 396 g/mol. The minimum absolute atomic E-state index is 0.0360. The van der Waals surface area contributed by atoms with Crippen LogP contribution in [0.2, 0.25) is 0 Å². The molecule has 0 aromatic heterocycles. The molecule has 3 fully saturated rings. The molecule has 31 heavy (non-hydrogen) atoms. The maximum absolute atomic E-state index is 11.6. The monoisotopic (exact) mass is 434 g/mol. The predicted octanol–water partition coefficient (Wildman–Crippen LogP) is 3.59. The van der Waals surface area contributed by atoms with E-state index in [1.807, 2.05) is 0 Å². The van der Waals surface area contributed by atoms with Crippen molar-refractivity contribution in [1.29, 1.82) is 0 Å². The van der Waals surface area contributed by atoms with Crippen LogP contribution in [0.3, 0.4) is 0 Å². The van der Waals surface area contributed by atoms with Crippen LogP contribution in [0.15, 0.2) is 11.6 Å². The maximum atomic E-state index is 11.6. The third-order valence-electron chi connectivity index (χ3n) is 8.75. The number of aliphatic hydroxyl groups is 1. The first-order valence-electron chi connectivity index (χ1n) is 12.0. The fraction of sp³-hybridized carbons (Fsp3) is 0.840. The quantitative estimate of drug-likeness (QED) is 0.285. The molecule has 6 heteroatoms. The number of carbonyl (C=O) groups is 2. The Kier molecular flexibility index (Phi) is 6.62. The first kappa shape index (κ1) is 22.9. The number of rotatable bonds is 7. The molecule has 0 radical (unpaired) electrons. The Balaban J connectivity index is 1.47. The van der Waals surface area contributed by atoms with E-state index in [2.05, 4.69) is 19.9 Å². The van der Waals surface area contributed by atoms with Gasteiger partial charge in [-0.25, -0.2) is 0 Å². The van der Waals surface area contributed by atoms with Gasteiger partial charge in [-0.1, -0.05) is 25.5 Å². The Morgan fingerprint density at radius 1 is 1.29 bits per heavy atom.